The summed E-state index contributed by atoms with van der Waals surface area (Å²) in [5.41, 5.74) is 6.19. The second kappa shape index (κ2) is 7.76. The van der Waals surface area contributed by atoms with Gasteiger partial charge >= 0.3 is 0 Å². The molecule has 0 unspecified atom stereocenters. The highest BCUT2D eigenvalue weighted by molar-refractivity contribution is 6.40. The van der Waals surface area contributed by atoms with E-state index in [1.807, 2.05) is 6.20 Å². The van der Waals surface area contributed by atoms with E-state index in [4.69, 9.17) is 4.98 Å². The molecule has 1 saturated carbocycles. The number of rotatable bonds is 4. The molecule has 0 spiro atoms. The van der Waals surface area contributed by atoms with Gasteiger partial charge in [0.15, 0.2) is 0 Å². The summed E-state index contributed by atoms with van der Waals surface area (Å²) < 4.78 is 0. The van der Waals surface area contributed by atoms with E-state index < -0.39 is 0 Å². The number of benzene rings is 2. The van der Waals surface area contributed by atoms with Crippen LogP contribution in [0.2, 0.25) is 0 Å². The van der Waals surface area contributed by atoms with E-state index >= 15 is 0 Å². The van der Waals surface area contributed by atoms with Gasteiger partial charge in [0.25, 0.3) is 0 Å². The lowest BCUT2D eigenvalue weighted by molar-refractivity contribution is 0.327. The third kappa shape index (κ3) is 3.74. The van der Waals surface area contributed by atoms with Gasteiger partial charge in [-0.15, -0.1) is 0 Å². The standard InChI is InChI=1S/C24H27B2N/c25-24(26,20-11-5-2-6-12-20)22-14-8-7-13-21(22)23-16-15-19(17-27-23)18-9-3-1-4-10-18/h1,3-4,7-10,13-17,20H,2,5-6,11-12,25-26H2. The molecule has 1 heterocycles. The Morgan fingerprint density at radius 3 is 2.15 bits per heavy atom. The Kier molecular flexibility index (Phi) is 5.20. The largest absolute Gasteiger partial charge is 0.256 e. The van der Waals surface area contributed by atoms with Crippen molar-refractivity contribution in [2.24, 2.45) is 5.92 Å². The lowest BCUT2D eigenvalue weighted by Gasteiger charge is -2.39. The van der Waals surface area contributed by atoms with Gasteiger partial charge in [0.2, 0.25) is 0 Å². The van der Waals surface area contributed by atoms with Crippen LogP contribution in [-0.2, 0) is 5.21 Å². The fourth-order valence-electron chi connectivity index (χ4n) is 4.67. The Balaban J connectivity index is 1.68. The normalized spacial score (nSPS) is 15.6. The van der Waals surface area contributed by atoms with Crippen LogP contribution in [0.15, 0.2) is 72.9 Å². The van der Waals surface area contributed by atoms with Crippen LogP contribution in [0.25, 0.3) is 22.4 Å². The number of nitrogens with zero attached hydrogens (tertiary/aromatic N) is 1. The minimum Gasteiger partial charge on any atom is -0.256 e. The Bertz CT molecular complexity index is 882. The zero-order chi connectivity index (χ0) is 18.7. The smallest absolute Gasteiger partial charge is 0.105 e. The average molecular weight is 351 g/mol. The molecule has 0 saturated heterocycles. The minimum absolute atomic E-state index is 0.177. The molecule has 0 bridgehead atoms. The Morgan fingerprint density at radius 1 is 0.741 bits per heavy atom. The van der Waals surface area contributed by atoms with Crippen molar-refractivity contribution < 1.29 is 0 Å². The van der Waals surface area contributed by atoms with Gasteiger partial charge in [-0.3, -0.25) is 4.98 Å². The second-order valence-electron chi connectivity index (χ2n) is 8.40. The maximum absolute atomic E-state index is 4.84. The van der Waals surface area contributed by atoms with Gasteiger partial charge in [0.05, 0.1) is 5.69 Å². The van der Waals surface area contributed by atoms with Crippen LogP contribution in [0.1, 0.15) is 37.7 Å². The molecule has 1 fully saturated rings. The summed E-state index contributed by atoms with van der Waals surface area (Å²) in [5, 5.41) is 0.177. The number of pyridine rings is 1. The summed E-state index contributed by atoms with van der Waals surface area (Å²) in [5.74, 6) is 0.760. The van der Waals surface area contributed by atoms with Gasteiger partial charge in [-0.2, -0.15) is 0 Å². The van der Waals surface area contributed by atoms with Crippen LogP contribution in [0.5, 0.6) is 0 Å². The van der Waals surface area contributed by atoms with Crippen molar-refractivity contribution >= 4 is 15.7 Å². The summed E-state index contributed by atoms with van der Waals surface area (Å²) in [6.07, 6.45) is 8.86. The molecular weight excluding hydrogens is 324 g/mol. The molecule has 27 heavy (non-hydrogen) atoms. The molecule has 0 aliphatic heterocycles. The molecular formula is C24H27B2N. The Labute approximate surface area is 165 Å². The average Bonchev–Trinajstić information content (AvgIpc) is 2.75. The summed E-state index contributed by atoms with van der Waals surface area (Å²) in [4.78, 5) is 4.84. The molecule has 0 atom stereocenters. The maximum Gasteiger partial charge on any atom is 0.105 e. The molecule has 2 aromatic carbocycles. The number of aromatic nitrogens is 1. The quantitative estimate of drug-likeness (QED) is 0.635. The monoisotopic (exact) mass is 351 g/mol. The van der Waals surface area contributed by atoms with Crippen LogP contribution >= 0.6 is 0 Å². The van der Waals surface area contributed by atoms with Gasteiger partial charge < -0.3 is 0 Å². The van der Waals surface area contributed by atoms with Crippen molar-refractivity contribution in [1.82, 2.24) is 4.98 Å². The van der Waals surface area contributed by atoms with Gasteiger partial charge in [0, 0.05) is 17.3 Å². The van der Waals surface area contributed by atoms with Gasteiger partial charge in [-0.1, -0.05) is 98.0 Å². The van der Waals surface area contributed by atoms with Crippen molar-refractivity contribution in [1.29, 1.82) is 0 Å². The molecule has 0 radical (unpaired) electrons. The van der Waals surface area contributed by atoms with Crippen molar-refractivity contribution in [3.8, 4) is 22.4 Å². The second-order valence-corrected chi connectivity index (χ2v) is 8.40. The van der Waals surface area contributed by atoms with E-state index in [9.17, 15) is 0 Å². The lowest BCUT2D eigenvalue weighted by Crippen LogP contribution is -2.38. The van der Waals surface area contributed by atoms with Crippen LogP contribution in [-0.4, -0.2) is 20.7 Å². The first-order chi connectivity index (χ1) is 13.2. The van der Waals surface area contributed by atoms with Gasteiger partial charge in [-0.25, -0.2) is 0 Å². The summed E-state index contributed by atoms with van der Waals surface area (Å²) in [6.45, 7) is 0. The van der Waals surface area contributed by atoms with E-state index in [2.05, 4.69) is 82.4 Å². The molecule has 1 aliphatic rings. The lowest BCUT2D eigenvalue weighted by atomic mass is 9.43. The predicted molar refractivity (Wildman–Crippen MR) is 120 cm³/mol. The zero-order valence-electron chi connectivity index (χ0n) is 16.5. The van der Waals surface area contributed by atoms with Crippen molar-refractivity contribution in [2.45, 2.75) is 37.3 Å². The molecule has 134 valence electrons. The Hall–Kier alpha value is -2.28. The topological polar surface area (TPSA) is 12.9 Å². The van der Waals surface area contributed by atoms with Crippen LogP contribution < -0.4 is 0 Å². The first-order valence-corrected chi connectivity index (χ1v) is 10.3. The van der Waals surface area contributed by atoms with E-state index in [1.165, 1.54) is 54.4 Å². The van der Waals surface area contributed by atoms with Crippen LogP contribution in [0.4, 0.5) is 0 Å². The van der Waals surface area contributed by atoms with Crippen molar-refractivity contribution in [2.75, 3.05) is 0 Å². The number of hydrogen-bond acceptors (Lipinski definition) is 1. The summed E-state index contributed by atoms with van der Waals surface area (Å²) >= 11 is 0. The molecule has 4 rings (SSSR count). The van der Waals surface area contributed by atoms with Crippen molar-refractivity contribution in [3.63, 3.8) is 0 Å². The summed E-state index contributed by atoms with van der Waals surface area (Å²) in [7, 11) is 4.86. The molecule has 3 heteroatoms. The molecule has 0 amide bonds. The highest BCUT2D eigenvalue weighted by atomic mass is 14.7. The van der Waals surface area contributed by atoms with E-state index in [0.29, 0.717) is 0 Å². The third-order valence-corrected chi connectivity index (χ3v) is 6.39. The van der Waals surface area contributed by atoms with Gasteiger partial charge in [-0.05, 0) is 23.1 Å². The van der Waals surface area contributed by atoms with Crippen LogP contribution in [0.3, 0.4) is 0 Å². The number of hydrogen-bond donors (Lipinski definition) is 0. The molecule has 3 aromatic rings. The first kappa shape index (κ1) is 18.1. The molecule has 1 aliphatic carbocycles. The van der Waals surface area contributed by atoms with E-state index in [0.717, 1.165) is 11.6 Å². The summed E-state index contributed by atoms with van der Waals surface area (Å²) in [6, 6.07) is 23.7. The molecule has 1 aromatic heterocycles. The fourth-order valence-corrected chi connectivity index (χ4v) is 4.67. The first-order valence-electron chi connectivity index (χ1n) is 10.3. The third-order valence-electron chi connectivity index (χ3n) is 6.39. The molecule has 0 N–H and O–H groups in total. The molecule has 1 nitrogen and oxygen atoms in total. The Morgan fingerprint density at radius 2 is 1.44 bits per heavy atom. The minimum atomic E-state index is 0.177. The zero-order valence-corrected chi connectivity index (χ0v) is 16.5. The highest BCUT2D eigenvalue weighted by Gasteiger charge is 2.33. The maximum atomic E-state index is 4.84. The fraction of sp³-hybridized carbons (Fsp3) is 0.292. The SMILES string of the molecule is BC(B)(c1ccccc1-c1ccc(-c2ccccc2)cn1)C1CCCCC1. The highest BCUT2D eigenvalue weighted by Crippen LogP contribution is 2.40. The van der Waals surface area contributed by atoms with Crippen molar-refractivity contribution in [3.05, 3.63) is 78.5 Å². The van der Waals surface area contributed by atoms with Gasteiger partial charge in [0.1, 0.15) is 15.7 Å². The predicted octanol–water partition coefficient (Wildman–Crippen LogP) is 4.41. The van der Waals surface area contributed by atoms with E-state index in [1.54, 1.807) is 0 Å². The van der Waals surface area contributed by atoms with E-state index in [-0.39, 0.29) is 5.21 Å². The van der Waals surface area contributed by atoms with Crippen LogP contribution in [0, 0.1) is 5.92 Å².